The Balaban J connectivity index is 1.47. The zero-order valence-electron chi connectivity index (χ0n) is 19.4. The number of carbonyl (C=O) groups is 1. The minimum absolute atomic E-state index is 0.0295. The Morgan fingerprint density at radius 2 is 1.83 bits per heavy atom. The number of carbonyl (C=O) groups excluding carboxylic acids is 1. The van der Waals surface area contributed by atoms with Crippen molar-refractivity contribution in [2.45, 2.75) is 39.1 Å². The molecule has 0 spiro atoms. The van der Waals surface area contributed by atoms with Crippen LogP contribution in [0.5, 0.6) is 5.75 Å². The van der Waals surface area contributed by atoms with Crippen molar-refractivity contribution in [1.82, 2.24) is 30.0 Å². The summed E-state index contributed by atoms with van der Waals surface area (Å²) in [5.41, 5.74) is 2.92. The fourth-order valence-corrected chi connectivity index (χ4v) is 4.24. The number of aryl methyl sites for hydroxylation is 2. The number of alkyl halides is 3. The molecule has 186 valence electrons. The van der Waals surface area contributed by atoms with Crippen molar-refractivity contribution < 1.29 is 27.2 Å². The van der Waals surface area contributed by atoms with Crippen LogP contribution in [0.3, 0.4) is 0 Å². The minimum Gasteiger partial charge on any atom is -0.405 e. The average Bonchev–Trinajstić information content (AvgIpc) is 3.60. The van der Waals surface area contributed by atoms with Gasteiger partial charge in [0, 0.05) is 6.54 Å². The topological polar surface area (TPSA) is 99.2 Å². The molecule has 5 rings (SSSR count). The molecule has 36 heavy (non-hydrogen) atoms. The van der Waals surface area contributed by atoms with Crippen molar-refractivity contribution in [2.24, 2.45) is 0 Å². The van der Waals surface area contributed by atoms with Gasteiger partial charge in [-0.3, -0.25) is 4.79 Å². The molecule has 2 aromatic carbocycles. The third kappa shape index (κ3) is 4.53. The highest BCUT2D eigenvalue weighted by atomic mass is 19.4. The molecule has 0 bridgehead atoms. The van der Waals surface area contributed by atoms with Gasteiger partial charge in [0.1, 0.15) is 11.8 Å². The first-order valence-electron chi connectivity index (χ1n) is 11.2. The molecule has 1 amide bonds. The van der Waals surface area contributed by atoms with Gasteiger partial charge in [0.15, 0.2) is 0 Å². The Kier molecular flexibility index (Phi) is 5.94. The second kappa shape index (κ2) is 9.10. The first-order chi connectivity index (χ1) is 17.2. The van der Waals surface area contributed by atoms with Gasteiger partial charge in [-0.1, -0.05) is 17.3 Å². The number of hydrogen-bond acceptors (Lipinski definition) is 7. The SMILES string of the molecule is Cc1cc(C(=O)N2CCCC2c2nc(-c3ccccc3OC(F)(F)F)no2)c(-n2nccn2)cc1C. The fourth-order valence-electron chi connectivity index (χ4n) is 4.24. The monoisotopic (exact) mass is 498 g/mol. The van der Waals surface area contributed by atoms with Gasteiger partial charge in [-0.2, -0.15) is 20.0 Å². The summed E-state index contributed by atoms with van der Waals surface area (Å²) in [5, 5.41) is 12.2. The van der Waals surface area contributed by atoms with Crippen LogP contribution in [0.1, 0.15) is 46.3 Å². The maximum absolute atomic E-state index is 13.7. The quantitative estimate of drug-likeness (QED) is 0.389. The Hall–Kier alpha value is -4.22. The van der Waals surface area contributed by atoms with E-state index < -0.39 is 18.2 Å². The van der Waals surface area contributed by atoms with Crippen LogP contribution in [0.15, 0.2) is 53.3 Å². The lowest BCUT2D eigenvalue weighted by atomic mass is 10.0. The average molecular weight is 498 g/mol. The van der Waals surface area contributed by atoms with E-state index in [4.69, 9.17) is 4.52 Å². The van der Waals surface area contributed by atoms with Crippen molar-refractivity contribution in [2.75, 3.05) is 6.54 Å². The van der Waals surface area contributed by atoms with E-state index in [1.807, 2.05) is 19.9 Å². The normalized spacial score (nSPS) is 15.9. The number of benzene rings is 2. The third-order valence-electron chi connectivity index (χ3n) is 6.07. The number of aromatic nitrogens is 5. The van der Waals surface area contributed by atoms with E-state index in [1.165, 1.54) is 35.4 Å². The molecule has 1 aliphatic rings. The molecule has 9 nitrogen and oxygen atoms in total. The Morgan fingerprint density at radius 3 is 2.58 bits per heavy atom. The summed E-state index contributed by atoms with van der Waals surface area (Å²) in [6.45, 7) is 4.31. The van der Waals surface area contributed by atoms with Crippen LogP contribution in [0.4, 0.5) is 13.2 Å². The molecular formula is C24H21F3N6O3. The van der Waals surface area contributed by atoms with Crippen molar-refractivity contribution in [3.63, 3.8) is 0 Å². The number of likely N-dealkylation sites (tertiary alicyclic amines) is 1. The van der Waals surface area contributed by atoms with Gasteiger partial charge in [0.05, 0.1) is 29.2 Å². The zero-order valence-corrected chi connectivity index (χ0v) is 19.4. The molecule has 0 saturated carbocycles. The van der Waals surface area contributed by atoms with Crippen LogP contribution in [-0.2, 0) is 0 Å². The van der Waals surface area contributed by atoms with E-state index in [-0.39, 0.29) is 23.2 Å². The van der Waals surface area contributed by atoms with Crippen LogP contribution in [0, 0.1) is 13.8 Å². The predicted octanol–water partition coefficient (Wildman–Crippen LogP) is 4.81. The molecule has 12 heteroatoms. The first-order valence-corrected chi connectivity index (χ1v) is 11.2. The van der Waals surface area contributed by atoms with E-state index >= 15 is 0 Å². The van der Waals surface area contributed by atoms with Crippen LogP contribution < -0.4 is 4.74 Å². The molecule has 1 aliphatic heterocycles. The van der Waals surface area contributed by atoms with Gasteiger partial charge in [0.2, 0.25) is 11.7 Å². The van der Waals surface area contributed by atoms with E-state index in [0.29, 0.717) is 30.6 Å². The largest absolute Gasteiger partial charge is 0.573 e. The van der Waals surface area contributed by atoms with Crippen LogP contribution in [0.2, 0.25) is 0 Å². The molecule has 3 heterocycles. The summed E-state index contributed by atoms with van der Waals surface area (Å²) in [7, 11) is 0. The summed E-state index contributed by atoms with van der Waals surface area (Å²) in [5.74, 6) is -0.617. The third-order valence-corrected chi connectivity index (χ3v) is 6.07. The fraction of sp³-hybridized carbons (Fsp3) is 0.292. The summed E-state index contributed by atoms with van der Waals surface area (Å²) in [4.78, 5) is 21.1. The first kappa shape index (κ1) is 23.5. The number of nitrogens with zero attached hydrogens (tertiary/aromatic N) is 6. The van der Waals surface area contributed by atoms with Crippen LogP contribution in [0.25, 0.3) is 17.1 Å². The highest BCUT2D eigenvalue weighted by molar-refractivity contribution is 5.98. The number of rotatable bonds is 5. The van der Waals surface area contributed by atoms with Crippen molar-refractivity contribution in [1.29, 1.82) is 0 Å². The molecule has 4 aromatic rings. The van der Waals surface area contributed by atoms with Crippen molar-refractivity contribution >= 4 is 5.91 Å². The van der Waals surface area contributed by atoms with Crippen LogP contribution in [-0.4, -0.2) is 48.8 Å². The molecule has 0 N–H and O–H groups in total. The van der Waals surface area contributed by atoms with Gasteiger partial charge >= 0.3 is 6.36 Å². The Bertz CT molecular complexity index is 1400. The lowest BCUT2D eigenvalue weighted by Crippen LogP contribution is -2.32. The summed E-state index contributed by atoms with van der Waals surface area (Å²) < 4.78 is 48.0. The molecule has 1 unspecified atom stereocenters. The van der Waals surface area contributed by atoms with Gasteiger partial charge in [-0.05, 0) is 62.1 Å². The van der Waals surface area contributed by atoms with Gasteiger partial charge < -0.3 is 14.2 Å². The molecule has 2 aromatic heterocycles. The van der Waals surface area contributed by atoms with E-state index in [1.54, 1.807) is 17.0 Å². The number of amides is 1. The van der Waals surface area contributed by atoms with E-state index in [2.05, 4.69) is 25.1 Å². The predicted molar refractivity (Wildman–Crippen MR) is 120 cm³/mol. The van der Waals surface area contributed by atoms with Gasteiger partial charge in [-0.25, -0.2) is 0 Å². The lowest BCUT2D eigenvalue weighted by Gasteiger charge is -2.23. The lowest BCUT2D eigenvalue weighted by molar-refractivity contribution is -0.274. The maximum Gasteiger partial charge on any atom is 0.573 e. The number of halogens is 3. The van der Waals surface area contributed by atoms with Gasteiger partial charge in [0.25, 0.3) is 5.91 Å². The Morgan fingerprint density at radius 1 is 1.11 bits per heavy atom. The molecule has 1 atom stereocenters. The van der Waals surface area contributed by atoms with Crippen molar-refractivity contribution in [3.05, 3.63) is 71.4 Å². The highest BCUT2D eigenvalue weighted by Crippen LogP contribution is 2.37. The second-order valence-electron chi connectivity index (χ2n) is 8.43. The maximum atomic E-state index is 13.7. The second-order valence-corrected chi connectivity index (χ2v) is 8.43. The van der Waals surface area contributed by atoms with Crippen molar-refractivity contribution in [3.8, 4) is 22.8 Å². The molecule has 1 saturated heterocycles. The number of hydrogen-bond donors (Lipinski definition) is 0. The highest BCUT2D eigenvalue weighted by Gasteiger charge is 2.37. The molecular weight excluding hydrogens is 477 g/mol. The molecule has 1 fully saturated rings. The molecule has 0 aliphatic carbocycles. The van der Waals surface area contributed by atoms with Gasteiger partial charge in [-0.15, -0.1) is 13.2 Å². The standard InChI is InChI=1S/C24H21F3N6O3/c1-14-12-17(19(13-15(14)2)33-28-9-10-29-33)23(34)32-11-5-7-18(32)22-30-21(31-36-22)16-6-3-4-8-20(16)35-24(25,26)27/h3-4,6,8-10,12-13,18H,5,7,11H2,1-2H3. The van der Waals surface area contributed by atoms with E-state index in [0.717, 1.165) is 11.1 Å². The van der Waals surface area contributed by atoms with Crippen LogP contribution >= 0.6 is 0 Å². The number of para-hydroxylation sites is 1. The van der Waals surface area contributed by atoms with E-state index in [9.17, 15) is 18.0 Å². The molecule has 0 radical (unpaired) electrons. The zero-order chi connectivity index (χ0) is 25.4. The Labute approximate surface area is 203 Å². The smallest absolute Gasteiger partial charge is 0.405 e. The summed E-state index contributed by atoms with van der Waals surface area (Å²) in [6.07, 6.45) is -0.550. The minimum atomic E-state index is -4.87. The number of ether oxygens (including phenoxy) is 1. The summed E-state index contributed by atoms with van der Waals surface area (Å²) >= 11 is 0. The summed E-state index contributed by atoms with van der Waals surface area (Å²) in [6, 6.07) is 8.67.